The Kier molecular flexibility index (Phi) is 5.30. The number of pyridine rings is 2. The molecule has 8 nitrogen and oxygen atoms in total. The number of rotatable bonds is 6. The lowest BCUT2D eigenvalue weighted by molar-refractivity contribution is 0.0766. The van der Waals surface area contributed by atoms with Gasteiger partial charge in [-0.2, -0.15) is 4.52 Å². The topological polar surface area (TPSA) is 103 Å². The van der Waals surface area contributed by atoms with Crippen LogP contribution in [-0.4, -0.2) is 43.5 Å². The fraction of sp³-hybridized carbons (Fsp3) is 0.200. The van der Waals surface area contributed by atoms with Gasteiger partial charge in [0, 0.05) is 37.0 Å². The maximum Gasteiger partial charge on any atom is 0.254 e. The molecule has 0 unspecified atom stereocenters. The number of halogens is 1. The zero-order valence-corrected chi connectivity index (χ0v) is 17.3. The average molecular weight is 455 g/mol. The molecule has 4 aromatic heterocycles. The van der Waals surface area contributed by atoms with Crippen LogP contribution in [0.4, 0.5) is 5.82 Å². The van der Waals surface area contributed by atoms with Gasteiger partial charge in [-0.1, -0.05) is 6.07 Å². The van der Waals surface area contributed by atoms with Gasteiger partial charge in [0.15, 0.2) is 16.1 Å². The van der Waals surface area contributed by atoms with Gasteiger partial charge in [0.05, 0.1) is 0 Å². The fourth-order valence-electron chi connectivity index (χ4n) is 3.05. The Morgan fingerprint density at radius 2 is 2.14 bits per heavy atom. The molecule has 148 valence electrons. The van der Waals surface area contributed by atoms with Gasteiger partial charge in [-0.3, -0.25) is 9.78 Å². The molecule has 4 rings (SSSR count). The highest BCUT2D eigenvalue weighted by Gasteiger charge is 2.18. The predicted octanol–water partition coefficient (Wildman–Crippen LogP) is 3.43. The SMILES string of the molecule is CCN(CCc1ccccn1)C(=O)c1cc(N)n2nc(-c3ccc(Br)o3)nc2c1. The summed E-state index contributed by atoms with van der Waals surface area (Å²) in [6.07, 6.45) is 2.43. The lowest BCUT2D eigenvalue weighted by Crippen LogP contribution is -2.33. The molecule has 1 amide bonds. The molecule has 0 aromatic carbocycles. The van der Waals surface area contributed by atoms with E-state index in [0.717, 1.165) is 5.69 Å². The van der Waals surface area contributed by atoms with Crippen LogP contribution in [0.5, 0.6) is 0 Å². The highest BCUT2D eigenvalue weighted by Crippen LogP contribution is 2.24. The lowest BCUT2D eigenvalue weighted by atomic mass is 10.2. The van der Waals surface area contributed by atoms with Gasteiger partial charge in [-0.05, 0) is 59.3 Å². The largest absolute Gasteiger partial charge is 0.446 e. The Bertz CT molecular complexity index is 1150. The van der Waals surface area contributed by atoms with E-state index in [1.807, 2.05) is 25.1 Å². The summed E-state index contributed by atoms with van der Waals surface area (Å²) >= 11 is 3.27. The standard InChI is InChI=1S/C20H19BrN6O2/c1-2-26(10-8-14-5-3-4-9-23-14)20(28)13-11-17(22)27-18(12-13)24-19(25-27)15-6-7-16(21)29-15/h3-7,9,11-12H,2,8,10,22H2,1H3. The summed E-state index contributed by atoms with van der Waals surface area (Å²) in [5, 5.41) is 4.37. The predicted molar refractivity (Wildman–Crippen MR) is 112 cm³/mol. The highest BCUT2D eigenvalue weighted by molar-refractivity contribution is 9.10. The molecule has 0 saturated heterocycles. The lowest BCUT2D eigenvalue weighted by Gasteiger charge is -2.21. The third-order valence-corrected chi connectivity index (χ3v) is 4.96. The monoisotopic (exact) mass is 454 g/mol. The Morgan fingerprint density at radius 3 is 2.83 bits per heavy atom. The van der Waals surface area contributed by atoms with Crippen LogP contribution in [0.3, 0.4) is 0 Å². The summed E-state index contributed by atoms with van der Waals surface area (Å²) in [6, 6.07) is 12.6. The number of carbonyl (C=O) groups excluding carboxylic acids is 1. The van der Waals surface area contributed by atoms with Crippen LogP contribution in [-0.2, 0) is 6.42 Å². The molecular formula is C20H19BrN6O2. The number of aromatic nitrogens is 4. The van der Waals surface area contributed by atoms with Crippen LogP contribution >= 0.6 is 15.9 Å². The second kappa shape index (κ2) is 8.04. The van der Waals surface area contributed by atoms with Gasteiger partial charge >= 0.3 is 0 Å². The van der Waals surface area contributed by atoms with Crippen LogP contribution < -0.4 is 5.73 Å². The number of carbonyl (C=O) groups is 1. The summed E-state index contributed by atoms with van der Waals surface area (Å²) in [4.78, 5) is 23.6. The molecule has 0 spiro atoms. The van der Waals surface area contributed by atoms with Crippen molar-refractivity contribution in [2.75, 3.05) is 18.8 Å². The van der Waals surface area contributed by atoms with E-state index < -0.39 is 0 Å². The minimum atomic E-state index is -0.108. The van der Waals surface area contributed by atoms with E-state index in [0.29, 0.717) is 52.8 Å². The maximum atomic E-state index is 13.0. The second-order valence-electron chi connectivity index (χ2n) is 6.43. The summed E-state index contributed by atoms with van der Waals surface area (Å²) in [5.41, 5.74) is 8.04. The van der Waals surface area contributed by atoms with E-state index in [2.05, 4.69) is 31.0 Å². The average Bonchev–Trinajstić information content (AvgIpc) is 3.35. The van der Waals surface area contributed by atoms with Crippen LogP contribution in [0.15, 0.2) is 57.7 Å². The molecule has 4 heterocycles. The van der Waals surface area contributed by atoms with Crippen molar-refractivity contribution in [2.45, 2.75) is 13.3 Å². The van der Waals surface area contributed by atoms with Crippen molar-refractivity contribution in [3.05, 3.63) is 64.6 Å². The first-order valence-electron chi connectivity index (χ1n) is 9.16. The van der Waals surface area contributed by atoms with Crippen molar-refractivity contribution in [1.82, 2.24) is 24.5 Å². The maximum absolute atomic E-state index is 13.0. The molecule has 9 heteroatoms. The zero-order chi connectivity index (χ0) is 20.4. The van der Waals surface area contributed by atoms with Gasteiger partial charge in [0.25, 0.3) is 5.91 Å². The molecule has 0 aliphatic heterocycles. The summed E-state index contributed by atoms with van der Waals surface area (Å²) in [5.74, 6) is 1.13. The van der Waals surface area contributed by atoms with E-state index in [-0.39, 0.29) is 5.91 Å². The van der Waals surface area contributed by atoms with E-state index in [1.165, 1.54) is 4.52 Å². The molecule has 0 aliphatic rings. The third-order valence-electron chi connectivity index (χ3n) is 4.54. The Morgan fingerprint density at radius 1 is 1.28 bits per heavy atom. The first-order chi connectivity index (χ1) is 14.0. The molecule has 4 aromatic rings. The van der Waals surface area contributed by atoms with Crippen LogP contribution in [0.2, 0.25) is 0 Å². The van der Waals surface area contributed by atoms with Gasteiger partial charge in [0.2, 0.25) is 5.82 Å². The van der Waals surface area contributed by atoms with Gasteiger partial charge in [-0.15, -0.1) is 5.10 Å². The molecule has 0 fully saturated rings. The molecule has 29 heavy (non-hydrogen) atoms. The number of furan rings is 1. The number of nitrogen functional groups attached to an aromatic ring is 1. The smallest absolute Gasteiger partial charge is 0.254 e. The van der Waals surface area contributed by atoms with Crippen molar-refractivity contribution in [2.24, 2.45) is 0 Å². The van der Waals surface area contributed by atoms with Crippen molar-refractivity contribution < 1.29 is 9.21 Å². The number of hydrogen-bond acceptors (Lipinski definition) is 6. The normalized spacial score (nSPS) is 11.1. The number of anilines is 1. The minimum absolute atomic E-state index is 0.108. The zero-order valence-electron chi connectivity index (χ0n) is 15.7. The van der Waals surface area contributed by atoms with Crippen LogP contribution in [0, 0.1) is 0 Å². The van der Waals surface area contributed by atoms with E-state index >= 15 is 0 Å². The summed E-state index contributed by atoms with van der Waals surface area (Å²) in [7, 11) is 0. The van der Waals surface area contributed by atoms with Crippen LogP contribution in [0.25, 0.3) is 17.2 Å². The van der Waals surface area contributed by atoms with Crippen molar-refractivity contribution in [3.63, 3.8) is 0 Å². The first-order valence-corrected chi connectivity index (χ1v) is 9.95. The van der Waals surface area contributed by atoms with E-state index in [1.54, 1.807) is 35.4 Å². The van der Waals surface area contributed by atoms with Crippen molar-refractivity contribution >= 4 is 33.3 Å². The Hall–Kier alpha value is -3.20. The molecule has 2 N–H and O–H groups in total. The van der Waals surface area contributed by atoms with Gasteiger partial charge in [0.1, 0.15) is 5.82 Å². The Labute approximate surface area is 175 Å². The second-order valence-corrected chi connectivity index (χ2v) is 7.22. The third kappa shape index (κ3) is 4.00. The fourth-order valence-corrected chi connectivity index (χ4v) is 3.36. The van der Waals surface area contributed by atoms with Crippen molar-refractivity contribution in [1.29, 1.82) is 0 Å². The molecule has 0 atom stereocenters. The molecule has 0 bridgehead atoms. The molecule has 0 radical (unpaired) electrons. The van der Waals surface area contributed by atoms with Gasteiger partial charge in [-0.25, -0.2) is 4.98 Å². The van der Waals surface area contributed by atoms with E-state index in [9.17, 15) is 4.79 Å². The van der Waals surface area contributed by atoms with Crippen molar-refractivity contribution in [3.8, 4) is 11.6 Å². The quantitative estimate of drug-likeness (QED) is 0.478. The summed E-state index contributed by atoms with van der Waals surface area (Å²) in [6.45, 7) is 3.09. The first kappa shape index (κ1) is 19.1. The number of nitrogens with zero attached hydrogens (tertiary/aromatic N) is 5. The number of amides is 1. The number of fused-ring (bicyclic) bond motifs is 1. The van der Waals surface area contributed by atoms with Crippen LogP contribution in [0.1, 0.15) is 23.0 Å². The highest BCUT2D eigenvalue weighted by atomic mass is 79.9. The Balaban J connectivity index is 1.59. The number of nitrogens with two attached hydrogens (primary N) is 1. The molecule has 0 aliphatic carbocycles. The molecule has 0 saturated carbocycles. The molecular weight excluding hydrogens is 436 g/mol. The summed E-state index contributed by atoms with van der Waals surface area (Å²) < 4.78 is 7.58. The minimum Gasteiger partial charge on any atom is -0.446 e. The number of likely N-dealkylation sites (N-methyl/N-ethyl adjacent to an activating group) is 1. The van der Waals surface area contributed by atoms with Gasteiger partial charge < -0.3 is 15.1 Å². The number of hydrogen-bond donors (Lipinski definition) is 1. The van der Waals surface area contributed by atoms with E-state index in [4.69, 9.17) is 10.2 Å².